The van der Waals surface area contributed by atoms with Gasteiger partial charge in [-0.25, -0.2) is 13.8 Å². The molecule has 0 saturated heterocycles. The molecule has 3 aromatic carbocycles. The summed E-state index contributed by atoms with van der Waals surface area (Å²) >= 11 is 0. The van der Waals surface area contributed by atoms with E-state index in [1.54, 1.807) is 43.3 Å². The Balaban J connectivity index is 1.84. The lowest BCUT2D eigenvalue weighted by molar-refractivity contribution is -0.119. The average Bonchev–Trinajstić information content (AvgIpc) is 2.86. The maximum Gasteiger partial charge on any atom is 0.264 e. The molecule has 0 aliphatic carbocycles. The number of amides is 1. The van der Waals surface area contributed by atoms with Gasteiger partial charge in [0.05, 0.1) is 22.9 Å². The van der Waals surface area contributed by atoms with Gasteiger partial charge in [-0.3, -0.25) is 9.10 Å². The van der Waals surface area contributed by atoms with Gasteiger partial charge in [0.2, 0.25) is 0 Å². The Labute approximate surface area is 213 Å². The fourth-order valence-corrected chi connectivity index (χ4v) is 4.93. The highest BCUT2D eigenvalue weighted by molar-refractivity contribution is 7.92. The number of anilines is 1. The van der Waals surface area contributed by atoms with Gasteiger partial charge in [-0.1, -0.05) is 43.7 Å². The molecule has 1 amide bonds. The zero-order chi connectivity index (χ0) is 26.3. The summed E-state index contributed by atoms with van der Waals surface area (Å²) in [4.78, 5) is 13.0. The molecule has 3 rings (SSSR count). The highest BCUT2D eigenvalue weighted by Crippen LogP contribution is 2.26. The van der Waals surface area contributed by atoms with E-state index in [4.69, 9.17) is 4.74 Å². The van der Waals surface area contributed by atoms with Gasteiger partial charge in [0.1, 0.15) is 12.3 Å². The molecule has 0 fully saturated rings. The van der Waals surface area contributed by atoms with Crippen LogP contribution in [0.4, 0.5) is 5.69 Å². The maximum atomic E-state index is 13.5. The Hall–Kier alpha value is -3.65. The third-order valence-electron chi connectivity index (χ3n) is 5.68. The lowest BCUT2D eigenvalue weighted by Crippen LogP contribution is -2.39. The van der Waals surface area contributed by atoms with Crippen LogP contribution in [-0.4, -0.2) is 33.2 Å². The molecule has 0 bridgehead atoms. The van der Waals surface area contributed by atoms with Crippen molar-refractivity contribution in [3.8, 4) is 5.75 Å². The van der Waals surface area contributed by atoms with Gasteiger partial charge in [-0.05, 0) is 86.3 Å². The van der Waals surface area contributed by atoms with E-state index in [1.807, 2.05) is 50.2 Å². The summed E-state index contributed by atoms with van der Waals surface area (Å²) in [5.74, 6) is 0.492. The number of ether oxygens (including phenoxy) is 1. The second-order valence-electron chi connectivity index (χ2n) is 8.76. The zero-order valence-corrected chi connectivity index (χ0v) is 22.2. The smallest absolute Gasteiger partial charge is 0.264 e. The van der Waals surface area contributed by atoms with Crippen molar-refractivity contribution < 1.29 is 17.9 Å². The number of carbonyl (C=O) groups excluding carboxylic acids is 1. The SMILES string of the molecule is CCOc1ccc(/C(C)=N\NC(=O)CN(c2ccc(C(C)C)cc2)S(=O)(=O)c2ccc(C)cc2)cc1. The van der Waals surface area contributed by atoms with E-state index < -0.39 is 22.5 Å². The number of nitrogens with zero attached hydrogens (tertiary/aromatic N) is 2. The van der Waals surface area contributed by atoms with Crippen LogP contribution in [0.25, 0.3) is 0 Å². The molecule has 1 N–H and O–H groups in total. The van der Waals surface area contributed by atoms with E-state index in [-0.39, 0.29) is 4.90 Å². The lowest BCUT2D eigenvalue weighted by atomic mass is 10.0. The summed E-state index contributed by atoms with van der Waals surface area (Å²) in [6.07, 6.45) is 0. The van der Waals surface area contributed by atoms with Crippen molar-refractivity contribution in [1.29, 1.82) is 0 Å². The highest BCUT2D eigenvalue weighted by Gasteiger charge is 2.27. The van der Waals surface area contributed by atoms with Gasteiger partial charge in [0.25, 0.3) is 15.9 Å². The molecule has 36 heavy (non-hydrogen) atoms. The monoisotopic (exact) mass is 507 g/mol. The number of hydrogen-bond acceptors (Lipinski definition) is 5. The van der Waals surface area contributed by atoms with Crippen LogP contribution in [0.5, 0.6) is 5.75 Å². The molecule has 0 aromatic heterocycles. The highest BCUT2D eigenvalue weighted by atomic mass is 32.2. The molecule has 0 heterocycles. The number of aryl methyl sites for hydroxylation is 1. The summed E-state index contributed by atoms with van der Waals surface area (Å²) in [7, 11) is -3.99. The van der Waals surface area contributed by atoms with Gasteiger partial charge in [0, 0.05) is 0 Å². The molecule has 0 aliphatic rings. The number of hydrazone groups is 1. The summed E-state index contributed by atoms with van der Waals surface area (Å²) < 4.78 is 33.6. The van der Waals surface area contributed by atoms with Crippen LogP contribution in [0.15, 0.2) is 82.8 Å². The van der Waals surface area contributed by atoms with Crippen molar-refractivity contribution in [3.05, 3.63) is 89.5 Å². The van der Waals surface area contributed by atoms with Crippen LogP contribution in [-0.2, 0) is 14.8 Å². The molecule has 8 heteroatoms. The first kappa shape index (κ1) is 26.9. The number of hydrogen-bond donors (Lipinski definition) is 1. The molecular weight excluding hydrogens is 474 g/mol. The zero-order valence-electron chi connectivity index (χ0n) is 21.4. The molecule has 0 spiro atoms. The van der Waals surface area contributed by atoms with Gasteiger partial charge in [0.15, 0.2) is 0 Å². The van der Waals surface area contributed by atoms with Gasteiger partial charge in [-0.2, -0.15) is 5.10 Å². The predicted molar refractivity (Wildman–Crippen MR) is 144 cm³/mol. The molecular formula is C28H33N3O4S. The largest absolute Gasteiger partial charge is 0.494 e. The van der Waals surface area contributed by atoms with E-state index in [2.05, 4.69) is 24.4 Å². The Morgan fingerprint density at radius 1 is 0.972 bits per heavy atom. The van der Waals surface area contributed by atoms with Crippen LogP contribution in [0.1, 0.15) is 50.3 Å². The summed E-state index contributed by atoms with van der Waals surface area (Å²) in [5, 5.41) is 4.18. The van der Waals surface area contributed by atoms with Crippen LogP contribution in [0.3, 0.4) is 0 Å². The third-order valence-corrected chi connectivity index (χ3v) is 7.46. The topological polar surface area (TPSA) is 88.1 Å². The molecule has 0 atom stereocenters. The number of carbonyl (C=O) groups is 1. The fraction of sp³-hybridized carbons (Fsp3) is 0.286. The standard InChI is InChI=1S/C28H33N3O4S/c1-6-35-26-15-11-24(12-16-26)22(5)29-30-28(32)19-31(25-13-9-23(10-14-25)20(2)3)36(33,34)27-17-7-21(4)8-18-27/h7-18,20H,6,19H2,1-5H3,(H,30,32)/b29-22-. The quantitative estimate of drug-likeness (QED) is 0.300. The third kappa shape index (κ3) is 6.73. The van der Waals surface area contributed by atoms with E-state index in [0.717, 1.165) is 26.7 Å². The minimum atomic E-state index is -3.99. The molecule has 0 aliphatic heterocycles. The summed E-state index contributed by atoms with van der Waals surface area (Å²) in [6.45, 7) is 9.85. The van der Waals surface area contributed by atoms with Gasteiger partial charge < -0.3 is 4.74 Å². The Bertz CT molecular complexity index is 1300. The van der Waals surface area contributed by atoms with E-state index >= 15 is 0 Å². The van der Waals surface area contributed by atoms with Gasteiger partial charge >= 0.3 is 0 Å². The number of benzene rings is 3. The van der Waals surface area contributed by atoms with E-state index in [0.29, 0.717) is 23.9 Å². The normalized spacial score (nSPS) is 11.9. The maximum absolute atomic E-state index is 13.5. The van der Waals surface area contributed by atoms with Crippen molar-refractivity contribution in [2.24, 2.45) is 5.10 Å². The molecule has 7 nitrogen and oxygen atoms in total. The second kappa shape index (κ2) is 11.9. The van der Waals surface area contributed by atoms with Crippen molar-refractivity contribution in [2.45, 2.75) is 45.4 Å². The van der Waals surface area contributed by atoms with Crippen LogP contribution >= 0.6 is 0 Å². The number of sulfonamides is 1. The second-order valence-corrected chi connectivity index (χ2v) is 10.6. The Kier molecular flexibility index (Phi) is 8.88. The number of rotatable bonds is 10. The minimum absolute atomic E-state index is 0.114. The van der Waals surface area contributed by atoms with E-state index in [9.17, 15) is 13.2 Å². The number of nitrogens with one attached hydrogen (secondary N) is 1. The Morgan fingerprint density at radius 2 is 1.58 bits per heavy atom. The van der Waals surface area contributed by atoms with Crippen LogP contribution < -0.4 is 14.5 Å². The molecule has 190 valence electrons. The van der Waals surface area contributed by atoms with Crippen LogP contribution in [0, 0.1) is 6.92 Å². The molecule has 0 radical (unpaired) electrons. The molecule has 3 aromatic rings. The first-order valence-electron chi connectivity index (χ1n) is 11.9. The average molecular weight is 508 g/mol. The van der Waals surface area contributed by atoms with Crippen molar-refractivity contribution in [3.63, 3.8) is 0 Å². The minimum Gasteiger partial charge on any atom is -0.494 e. The summed E-state index contributed by atoms with van der Waals surface area (Å²) in [6, 6.07) is 21.1. The summed E-state index contributed by atoms with van der Waals surface area (Å²) in [5.41, 5.74) is 6.31. The van der Waals surface area contributed by atoms with Crippen molar-refractivity contribution in [1.82, 2.24) is 5.43 Å². The first-order chi connectivity index (χ1) is 17.1. The lowest BCUT2D eigenvalue weighted by Gasteiger charge is -2.24. The van der Waals surface area contributed by atoms with Crippen molar-refractivity contribution >= 4 is 27.3 Å². The van der Waals surface area contributed by atoms with Crippen LogP contribution in [0.2, 0.25) is 0 Å². The molecule has 0 saturated carbocycles. The van der Waals surface area contributed by atoms with Crippen molar-refractivity contribution in [2.75, 3.05) is 17.5 Å². The fourth-order valence-electron chi connectivity index (χ4n) is 3.51. The predicted octanol–water partition coefficient (Wildman–Crippen LogP) is 5.25. The first-order valence-corrected chi connectivity index (χ1v) is 13.3. The molecule has 0 unspecified atom stereocenters. The van der Waals surface area contributed by atoms with E-state index in [1.165, 1.54) is 0 Å². The van der Waals surface area contributed by atoms with Gasteiger partial charge in [-0.15, -0.1) is 0 Å². The Morgan fingerprint density at radius 3 is 2.14 bits per heavy atom.